The number of piperidine rings is 1. The third-order valence-electron chi connectivity index (χ3n) is 5.19. The molecule has 1 saturated heterocycles. The van der Waals surface area contributed by atoms with E-state index >= 15 is 0 Å². The van der Waals surface area contributed by atoms with Crippen LogP contribution in [0.1, 0.15) is 40.4 Å². The van der Waals surface area contributed by atoms with Crippen molar-refractivity contribution in [2.24, 2.45) is 0 Å². The Kier molecular flexibility index (Phi) is 6.82. The lowest BCUT2D eigenvalue weighted by molar-refractivity contribution is 0.0786. The van der Waals surface area contributed by atoms with Crippen LogP contribution in [0.4, 0.5) is 0 Å². The van der Waals surface area contributed by atoms with E-state index in [9.17, 15) is 9.59 Å². The summed E-state index contributed by atoms with van der Waals surface area (Å²) in [6, 6.07) is 9.22. The van der Waals surface area contributed by atoms with Crippen LogP contribution >= 0.6 is 12.4 Å². The molecule has 2 aliphatic rings. The molecule has 29 heavy (non-hydrogen) atoms. The molecule has 156 valence electrons. The van der Waals surface area contributed by atoms with E-state index in [1.807, 2.05) is 30.3 Å². The number of fused-ring (bicyclic) bond motifs is 1. The fraction of sp³-hybridized carbons (Fsp3) is 0.429. The van der Waals surface area contributed by atoms with Gasteiger partial charge in [0.1, 0.15) is 24.0 Å². The Hall–Kier alpha value is -2.51. The van der Waals surface area contributed by atoms with E-state index in [2.05, 4.69) is 10.6 Å². The molecule has 2 aromatic rings. The van der Waals surface area contributed by atoms with Gasteiger partial charge in [0.15, 0.2) is 11.5 Å². The van der Waals surface area contributed by atoms with Gasteiger partial charge in [0.05, 0.1) is 6.54 Å². The summed E-state index contributed by atoms with van der Waals surface area (Å²) in [5.74, 6) is 1.77. The van der Waals surface area contributed by atoms with Gasteiger partial charge in [-0.1, -0.05) is 12.1 Å². The van der Waals surface area contributed by atoms with Crippen LogP contribution in [0, 0.1) is 6.92 Å². The standard InChI is InChI=1S/C21H24N2O5.ClH/c1-13-10-18(14-6-8-22-9-7-14)28-21(25)19(13)20(24)23-11-15-12-26-16-4-2-3-5-17(16)27-15;/h2-5,10,14-15,22H,6-9,11-12H2,1H3,(H,23,24);1H. The van der Waals surface area contributed by atoms with Gasteiger partial charge in [0.2, 0.25) is 0 Å². The SMILES string of the molecule is Cc1cc(C2CCNCC2)oc(=O)c1C(=O)NCC1COc2ccccc2O1.Cl. The molecular weight excluding hydrogens is 396 g/mol. The third kappa shape index (κ3) is 4.74. The number of amides is 1. The van der Waals surface area contributed by atoms with Gasteiger partial charge in [0.25, 0.3) is 5.91 Å². The second-order valence-corrected chi connectivity index (χ2v) is 7.23. The van der Waals surface area contributed by atoms with E-state index in [1.165, 1.54) is 0 Å². The van der Waals surface area contributed by atoms with Gasteiger partial charge in [-0.2, -0.15) is 0 Å². The lowest BCUT2D eigenvalue weighted by Gasteiger charge is -2.26. The number of para-hydroxylation sites is 2. The summed E-state index contributed by atoms with van der Waals surface area (Å²) in [5, 5.41) is 6.06. The molecule has 8 heteroatoms. The average molecular weight is 421 g/mol. The second-order valence-electron chi connectivity index (χ2n) is 7.23. The second kappa shape index (κ2) is 9.33. The molecule has 7 nitrogen and oxygen atoms in total. The number of benzene rings is 1. The van der Waals surface area contributed by atoms with Crippen molar-refractivity contribution in [2.45, 2.75) is 31.8 Å². The summed E-state index contributed by atoms with van der Waals surface area (Å²) >= 11 is 0. The maximum absolute atomic E-state index is 12.6. The molecule has 3 heterocycles. The van der Waals surface area contributed by atoms with Gasteiger partial charge in [0, 0.05) is 5.92 Å². The number of carbonyl (C=O) groups excluding carboxylic acids is 1. The molecule has 0 spiro atoms. The molecule has 1 aromatic carbocycles. The Morgan fingerprint density at radius 1 is 1.21 bits per heavy atom. The minimum absolute atomic E-state index is 0. The number of rotatable bonds is 4. The van der Waals surface area contributed by atoms with Crippen LogP contribution in [0.15, 0.2) is 39.5 Å². The number of halogens is 1. The van der Waals surface area contributed by atoms with E-state index in [-0.39, 0.29) is 36.5 Å². The Balaban J connectivity index is 0.00000240. The van der Waals surface area contributed by atoms with E-state index in [0.717, 1.165) is 25.9 Å². The minimum atomic E-state index is -0.586. The number of aryl methyl sites for hydroxylation is 1. The monoisotopic (exact) mass is 420 g/mol. The number of ether oxygens (including phenoxy) is 2. The molecular formula is C21H25ClN2O5. The Morgan fingerprint density at radius 3 is 2.66 bits per heavy atom. The Morgan fingerprint density at radius 2 is 1.93 bits per heavy atom. The van der Waals surface area contributed by atoms with Crippen molar-refractivity contribution in [1.82, 2.24) is 10.6 Å². The third-order valence-corrected chi connectivity index (χ3v) is 5.19. The Labute approximate surface area is 175 Å². The first kappa shape index (κ1) is 21.2. The first-order valence-electron chi connectivity index (χ1n) is 9.64. The topological polar surface area (TPSA) is 89.8 Å². The predicted octanol–water partition coefficient (Wildman–Crippen LogP) is 2.41. The van der Waals surface area contributed by atoms with Crippen LogP contribution in [0.2, 0.25) is 0 Å². The summed E-state index contributed by atoms with van der Waals surface area (Å²) in [6.07, 6.45) is 1.53. The van der Waals surface area contributed by atoms with Crippen molar-refractivity contribution in [3.8, 4) is 11.5 Å². The maximum Gasteiger partial charge on any atom is 0.349 e. The van der Waals surface area contributed by atoms with E-state index in [4.69, 9.17) is 13.9 Å². The molecule has 1 aromatic heterocycles. The number of hydrogen-bond donors (Lipinski definition) is 2. The lowest BCUT2D eigenvalue weighted by atomic mass is 9.94. The molecule has 1 unspecified atom stereocenters. The van der Waals surface area contributed by atoms with Crippen molar-refractivity contribution in [3.05, 3.63) is 57.6 Å². The summed E-state index contributed by atoms with van der Waals surface area (Å²) < 4.78 is 17.0. The van der Waals surface area contributed by atoms with Crippen LogP contribution in [0.5, 0.6) is 11.5 Å². The van der Waals surface area contributed by atoms with Crippen molar-refractivity contribution in [1.29, 1.82) is 0 Å². The van der Waals surface area contributed by atoms with Gasteiger partial charge in [-0.25, -0.2) is 4.79 Å². The number of carbonyl (C=O) groups is 1. The quantitative estimate of drug-likeness (QED) is 0.789. The van der Waals surface area contributed by atoms with Gasteiger partial charge in [-0.3, -0.25) is 4.79 Å². The normalized spacial score (nSPS) is 18.6. The van der Waals surface area contributed by atoms with Gasteiger partial charge >= 0.3 is 5.63 Å². The highest BCUT2D eigenvalue weighted by Gasteiger charge is 2.25. The molecule has 0 aliphatic carbocycles. The van der Waals surface area contributed by atoms with Crippen LogP contribution in [-0.2, 0) is 0 Å². The number of hydrogen-bond acceptors (Lipinski definition) is 6. The van der Waals surface area contributed by atoms with Crippen molar-refractivity contribution >= 4 is 18.3 Å². The van der Waals surface area contributed by atoms with Crippen LogP contribution in [0.25, 0.3) is 0 Å². The average Bonchev–Trinajstić information content (AvgIpc) is 2.72. The molecule has 0 bridgehead atoms. The molecule has 0 radical (unpaired) electrons. The molecule has 1 fully saturated rings. The maximum atomic E-state index is 12.6. The summed E-state index contributed by atoms with van der Waals surface area (Å²) in [6.45, 7) is 4.15. The molecule has 4 rings (SSSR count). The fourth-order valence-corrected chi connectivity index (χ4v) is 3.67. The van der Waals surface area contributed by atoms with E-state index in [1.54, 1.807) is 6.92 Å². The van der Waals surface area contributed by atoms with Crippen LogP contribution in [0.3, 0.4) is 0 Å². The zero-order valence-electron chi connectivity index (χ0n) is 16.2. The summed E-state index contributed by atoms with van der Waals surface area (Å²) in [4.78, 5) is 25.0. The zero-order chi connectivity index (χ0) is 19.5. The van der Waals surface area contributed by atoms with Crippen LogP contribution < -0.4 is 25.7 Å². The Bertz CT molecular complexity index is 924. The molecule has 2 aliphatic heterocycles. The first-order chi connectivity index (χ1) is 13.6. The number of nitrogens with one attached hydrogen (secondary N) is 2. The summed E-state index contributed by atoms with van der Waals surface area (Å²) in [7, 11) is 0. The van der Waals surface area contributed by atoms with Gasteiger partial charge in [-0.05, 0) is 56.6 Å². The summed E-state index contributed by atoms with van der Waals surface area (Å²) in [5.41, 5.74) is 0.0976. The van der Waals surface area contributed by atoms with E-state index in [0.29, 0.717) is 29.4 Å². The largest absolute Gasteiger partial charge is 0.486 e. The van der Waals surface area contributed by atoms with Crippen LogP contribution in [-0.4, -0.2) is 38.3 Å². The molecule has 1 atom stereocenters. The fourth-order valence-electron chi connectivity index (χ4n) is 3.67. The predicted molar refractivity (Wildman–Crippen MR) is 110 cm³/mol. The molecule has 0 saturated carbocycles. The van der Waals surface area contributed by atoms with Gasteiger partial charge < -0.3 is 24.5 Å². The van der Waals surface area contributed by atoms with E-state index < -0.39 is 11.5 Å². The van der Waals surface area contributed by atoms with Crippen molar-refractivity contribution in [2.75, 3.05) is 26.2 Å². The van der Waals surface area contributed by atoms with Crippen molar-refractivity contribution in [3.63, 3.8) is 0 Å². The molecule has 1 amide bonds. The first-order valence-corrected chi connectivity index (χ1v) is 9.64. The molecule has 2 N–H and O–H groups in total. The van der Waals surface area contributed by atoms with Gasteiger partial charge in [-0.15, -0.1) is 12.4 Å². The highest BCUT2D eigenvalue weighted by molar-refractivity contribution is 5.95. The lowest BCUT2D eigenvalue weighted by Crippen LogP contribution is -2.42. The van der Waals surface area contributed by atoms with Crippen molar-refractivity contribution < 1.29 is 18.7 Å². The zero-order valence-corrected chi connectivity index (χ0v) is 17.1. The minimum Gasteiger partial charge on any atom is -0.486 e. The smallest absolute Gasteiger partial charge is 0.349 e. The highest BCUT2D eigenvalue weighted by Crippen LogP contribution is 2.30. The highest BCUT2D eigenvalue weighted by atomic mass is 35.5.